The molecule has 0 unspecified atom stereocenters. The van der Waals surface area contributed by atoms with Crippen LogP contribution in [0.5, 0.6) is 0 Å². The normalized spacial score (nSPS) is 12.3. The molecule has 0 spiro atoms. The van der Waals surface area contributed by atoms with Crippen LogP contribution in [0.3, 0.4) is 0 Å². The van der Waals surface area contributed by atoms with Crippen LogP contribution in [0.25, 0.3) is 65.3 Å². The number of fused-ring (bicyclic) bond motifs is 2. The summed E-state index contributed by atoms with van der Waals surface area (Å²) in [5.41, 5.74) is 5.25. The summed E-state index contributed by atoms with van der Waals surface area (Å²) in [6.45, 7) is 0. The maximum atomic E-state index is 4.38. The molecule has 1 aromatic heterocycles. The number of hydrogen-bond acceptors (Lipinski definition) is 1. The van der Waals surface area contributed by atoms with Crippen LogP contribution < -0.4 is 0 Å². The largest absolute Gasteiger partial charge is 0.264 e. The van der Waals surface area contributed by atoms with Crippen molar-refractivity contribution in [2.75, 3.05) is 0 Å². The Morgan fingerprint density at radius 1 is 0.429 bits per heavy atom. The predicted octanol–water partition coefficient (Wildman–Crippen LogP) is 7.34. The van der Waals surface area contributed by atoms with E-state index in [0.29, 0.717) is 0 Å². The molecule has 0 bridgehead atoms. The number of rotatable bonds is 1. The van der Waals surface area contributed by atoms with Gasteiger partial charge in [0.15, 0.2) is 0 Å². The lowest BCUT2D eigenvalue weighted by atomic mass is 9.91. The van der Waals surface area contributed by atoms with Crippen molar-refractivity contribution >= 4 is 43.1 Å². The topological polar surface area (TPSA) is 12.9 Å². The van der Waals surface area contributed by atoms with Crippen LogP contribution in [-0.2, 0) is 0 Å². The molecule has 0 atom stereocenters. The van der Waals surface area contributed by atoms with Crippen LogP contribution >= 0.6 is 0 Å². The molecule has 0 fully saturated rings. The number of benzene rings is 5. The highest BCUT2D eigenvalue weighted by molar-refractivity contribution is 6.34. The Kier molecular flexibility index (Phi) is 2.54. The molecule has 128 valence electrons. The first-order valence-corrected chi connectivity index (χ1v) is 9.65. The molecular weight excluding hydrogens is 338 g/mol. The monoisotopic (exact) mass is 353 g/mol. The number of pyridine rings is 1. The highest BCUT2D eigenvalue weighted by Crippen LogP contribution is 2.49. The molecule has 7 rings (SSSR count). The van der Waals surface area contributed by atoms with Crippen LogP contribution in [-0.4, -0.2) is 4.98 Å². The lowest BCUT2D eigenvalue weighted by molar-refractivity contribution is 1.36. The van der Waals surface area contributed by atoms with Gasteiger partial charge in [-0.1, -0.05) is 72.8 Å². The molecule has 0 saturated heterocycles. The second kappa shape index (κ2) is 4.96. The smallest absolute Gasteiger partial charge is 0.0352 e. The minimum atomic E-state index is 1.20. The summed E-state index contributed by atoms with van der Waals surface area (Å²) in [4.78, 5) is 4.38. The SMILES string of the molecule is c1cc(-c2ccc3c4c2ccc2ccc5cccc-3c5c24)c2cnccc2c1. The molecule has 1 heteroatoms. The van der Waals surface area contributed by atoms with E-state index in [2.05, 4.69) is 83.8 Å². The van der Waals surface area contributed by atoms with Crippen LogP contribution in [0.1, 0.15) is 0 Å². The zero-order valence-electron chi connectivity index (χ0n) is 15.1. The third-order valence-corrected chi connectivity index (χ3v) is 6.27. The number of nitrogens with zero attached hydrogens (tertiary/aromatic N) is 1. The van der Waals surface area contributed by atoms with Gasteiger partial charge in [-0.3, -0.25) is 4.98 Å². The van der Waals surface area contributed by atoms with Gasteiger partial charge in [0, 0.05) is 17.8 Å². The van der Waals surface area contributed by atoms with Crippen molar-refractivity contribution in [3.63, 3.8) is 0 Å². The molecule has 1 aliphatic rings. The fraction of sp³-hybridized carbons (Fsp3) is 0. The summed E-state index contributed by atoms with van der Waals surface area (Å²) in [6.07, 6.45) is 3.85. The van der Waals surface area contributed by atoms with Crippen molar-refractivity contribution in [1.82, 2.24) is 4.98 Å². The van der Waals surface area contributed by atoms with Gasteiger partial charge in [-0.15, -0.1) is 0 Å². The van der Waals surface area contributed by atoms with Gasteiger partial charge in [0.05, 0.1) is 0 Å². The Hall–Kier alpha value is -3.71. The van der Waals surface area contributed by atoms with E-state index in [1.807, 2.05) is 12.4 Å². The van der Waals surface area contributed by atoms with E-state index in [1.54, 1.807) is 0 Å². The summed E-state index contributed by atoms with van der Waals surface area (Å²) in [5, 5.41) is 10.6. The second-order valence-corrected chi connectivity index (χ2v) is 7.62. The van der Waals surface area contributed by atoms with Gasteiger partial charge in [-0.25, -0.2) is 0 Å². The van der Waals surface area contributed by atoms with Crippen LogP contribution in [0.4, 0.5) is 0 Å². The molecule has 1 heterocycles. The second-order valence-electron chi connectivity index (χ2n) is 7.62. The van der Waals surface area contributed by atoms with Gasteiger partial charge < -0.3 is 0 Å². The first kappa shape index (κ1) is 14.4. The fourth-order valence-corrected chi connectivity index (χ4v) is 5.07. The molecule has 0 radical (unpaired) electrons. The van der Waals surface area contributed by atoms with Gasteiger partial charge in [0.25, 0.3) is 0 Å². The van der Waals surface area contributed by atoms with E-state index < -0.39 is 0 Å². The standard InChI is InChI=1S/C27H15N/c1-3-16-13-14-28-15-24(16)19(5-1)20-11-12-23-21-6-2-4-17-7-8-18-9-10-22(20)27(23)26(18)25(17)21/h1-15H. The summed E-state index contributed by atoms with van der Waals surface area (Å²) in [7, 11) is 0. The minimum absolute atomic E-state index is 1.20. The van der Waals surface area contributed by atoms with E-state index in [-0.39, 0.29) is 0 Å². The van der Waals surface area contributed by atoms with Crippen molar-refractivity contribution in [1.29, 1.82) is 0 Å². The summed E-state index contributed by atoms with van der Waals surface area (Å²) in [5.74, 6) is 0. The fourth-order valence-electron chi connectivity index (χ4n) is 5.07. The molecule has 0 saturated carbocycles. The number of aromatic nitrogens is 1. The van der Waals surface area contributed by atoms with E-state index in [4.69, 9.17) is 0 Å². The maximum Gasteiger partial charge on any atom is 0.0352 e. The third-order valence-electron chi connectivity index (χ3n) is 6.27. The van der Waals surface area contributed by atoms with Gasteiger partial charge in [0.1, 0.15) is 0 Å². The van der Waals surface area contributed by atoms with E-state index >= 15 is 0 Å². The van der Waals surface area contributed by atoms with E-state index in [1.165, 1.54) is 65.3 Å². The molecule has 0 N–H and O–H groups in total. The number of hydrogen-bond donors (Lipinski definition) is 0. The Balaban J connectivity index is 1.70. The van der Waals surface area contributed by atoms with Gasteiger partial charge in [-0.2, -0.15) is 0 Å². The molecule has 0 aliphatic heterocycles. The van der Waals surface area contributed by atoms with E-state index in [9.17, 15) is 0 Å². The van der Waals surface area contributed by atoms with Gasteiger partial charge >= 0.3 is 0 Å². The van der Waals surface area contributed by atoms with Gasteiger partial charge in [0.2, 0.25) is 0 Å². The molecule has 0 amide bonds. The third kappa shape index (κ3) is 1.65. The predicted molar refractivity (Wildman–Crippen MR) is 119 cm³/mol. The summed E-state index contributed by atoms with van der Waals surface area (Å²) in [6, 6.07) is 28.9. The molecule has 1 nitrogen and oxygen atoms in total. The molecule has 28 heavy (non-hydrogen) atoms. The molecule has 1 aliphatic carbocycles. The molecule has 5 aromatic carbocycles. The maximum absolute atomic E-state index is 4.38. The minimum Gasteiger partial charge on any atom is -0.264 e. The van der Waals surface area contributed by atoms with Crippen molar-refractivity contribution in [2.45, 2.75) is 0 Å². The average Bonchev–Trinajstić information content (AvgIpc) is 3.11. The molecule has 6 aromatic rings. The quantitative estimate of drug-likeness (QED) is 0.281. The highest BCUT2D eigenvalue weighted by Gasteiger charge is 2.21. The van der Waals surface area contributed by atoms with Gasteiger partial charge in [-0.05, 0) is 66.0 Å². The van der Waals surface area contributed by atoms with Crippen molar-refractivity contribution in [3.8, 4) is 22.3 Å². The lowest BCUT2D eigenvalue weighted by Gasteiger charge is -2.12. The zero-order chi connectivity index (χ0) is 18.2. The Morgan fingerprint density at radius 3 is 2.04 bits per heavy atom. The Bertz CT molecular complexity index is 1600. The highest BCUT2D eigenvalue weighted by atomic mass is 14.6. The van der Waals surface area contributed by atoms with Crippen LogP contribution in [0.15, 0.2) is 91.3 Å². The average molecular weight is 353 g/mol. The van der Waals surface area contributed by atoms with Crippen molar-refractivity contribution < 1.29 is 0 Å². The van der Waals surface area contributed by atoms with Crippen molar-refractivity contribution in [2.24, 2.45) is 0 Å². The summed E-state index contributed by atoms with van der Waals surface area (Å²) >= 11 is 0. The van der Waals surface area contributed by atoms with Crippen LogP contribution in [0, 0.1) is 0 Å². The lowest BCUT2D eigenvalue weighted by Crippen LogP contribution is -1.86. The van der Waals surface area contributed by atoms with E-state index in [0.717, 1.165) is 0 Å². The van der Waals surface area contributed by atoms with Crippen LogP contribution in [0.2, 0.25) is 0 Å². The first-order chi connectivity index (χ1) is 13.9. The Labute approximate surface area is 161 Å². The molecular formula is C27H15N. The summed E-state index contributed by atoms with van der Waals surface area (Å²) < 4.78 is 0. The Morgan fingerprint density at radius 2 is 1.11 bits per heavy atom. The zero-order valence-corrected chi connectivity index (χ0v) is 15.1. The van der Waals surface area contributed by atoms with Crippen molar-refractivity contribution in [3.05, 3.63) is 91.3 Å². The first-order valence-electron chi connectivity index (χ1n) is 9.65.